The molecular formula is C10H8N2O3. The number of hydrogen-bond acceptors (Lipinski definition) is 5. The highest BCUT2D eigenvalue weighted by molar-refractivity contribution is 5.71. The molecule has 1 aliphatic rings. The molecule has 0 fully saturated rings. The van der Waals surface area contributed by atoms with Crippen LogP contribution in [0.2, 0.25) is 0 Å². The summed E-state index contributed by atoms with van der Waals surface area (Å²) in [6, 6.07) is 7.22. The highest BCUT2D eigenvalue weighted by Gasteiger charge is 2.20. The third kappa shape index (κ3) is 1.20. The number of anilines is 1. The van der Waals surface area contributed by atoms with Crippen LogP contribution in [0.15, 0.2) is 28.8 Å². The minimum atomic E-state index is 0.232. The van der Waals surface area contributed by atoms with Crippen LogP contribution in [0.4, 0.5) is 5.82 Å². The van der Waals surface area contributed by atoms with Crippen LogP contribution in [0.25, 0.3) is 11.3 Å². The van der Waals surface area contributed by atoms with E-state index in [-0.39, 0.29) is 6.79 Å². The number of hydrogen-bond donors (Lipinski definition) is 1. The fourth-order valence-corrected chi connectivity index (χ4v) is 1.54. The van der Waals surface area contributed by atoms with Crippen LogP contribution in [-0.4, -0.2) is 11.9 Å². The average Bonchev–Trinajstić information content (AvgIpc) is 2.84. The highest BCUT2D eigenvalue weighted by atomic mass is 16.7. The first-order valence-corrected chi connectivity index (χ1v) is 4.46. The van der Waals surface area contributed by atoms with Gasteiger partial charge in [-0.05, 0) is 12.1 Å². The first-order chi connectivity index (χ1) is 7.34. The molecule has 0 amide bonds. The Morgan fingerprint density at radius 2 is 2.20 bits per heavy atom. The Bertz CT molecular complexity index is 507. The quantitative estimate of drug-likeness (QED) is 0.764. The zero-order valence-corrected chi connectivity index (χ0v) is 7.77. The molecule has 1 aromatic heterocycles. The zero-order chi connectivity index (χ0) is 10.3. The molecule has 1 aliphatic heterocycles. The highest BCUT2D eigenvalue weighted by Crippen LogP contribution is 2.41. The van der Waals surface area contributed by atoms with Gasteiger partial charge >= 0.3 is 0 Å². The number of nitrogen functional groups attached to an aromatic ring is 1. The molecule has 0 bridgehead atoms. The summed E-state index contributed by atoms with van der Waals surface area (Å²) >= 11 is 0. The van der Waals surface area contributed by atoms with Crippen LogP contribution in [0.1, 0.15) is 0 Å². The van der Waals surface area contributed by atoms with Gasteiger partial charge < -0.3 is 19.7 Å². The summed E-state index contributed by atoms with van der Waals surface area (Å²) in [4.78, 5) is 0. The number of aromatic nitrogens is 1. The fourth-order valence-electron chi connectivity index (χ4n) is 1.54. The van der Waals surface area contributed by atoms with Gasteiger partial charge in [-0.2, -0.15) is 0 Å². The first kappa shape index (κ1) is 8.16. The Hall–Kier alpha value is -2.17. The van der Waals surface area contributed by atoms with Crippen molar-refractivity contribution in [3.8, 4) is 22.8 Å². The van der Waals surface area contributed by atoms with Gasteiger partial charge in [-0.1, -0.05) is 11.2 Å². The lowest BCUT2D eigenvalue weighted by Crippen LogP contribution is -1.93. The van der Waals surface area contributed by atoms with Crippen LogP contribution in [0, 0.1) is 0 Å². The van der Waals surface area contributed by atoms with Crippen molar-refractivity contribution in [2.75, 3.05) is 12.5 Å². The predicted octanol–water partition coefficient (Wildman–Crippen LogP) is 1.65. The fraction of sp³-hybridized carbons (Fsp3) is 0.100. The summed E-state index contributed by atoms with van der Waals surface area (Å²) in [6.45, 7) is 0.232. The van der Waals surface area contributed by atoms with Gasteiger partial charge in [-0.25, -0.2) is 0 Å². The third-order valence-corrected chi connectivity index (χ3v) is 2.19. The van der Waals surface area contributed by atoms with E-state index in [4.69, 9.17) is 19.7 Å². The molecular weight excluding hydrogens is 196 g/mol. The lowest BCUT2D eigenvalue weighted by Gasteiger charge is -2.00. The van der Waals surface area contributed by atoms with E-state index in [0.717, 1.165) is 5.56 Å². The number of ether oxygens (including phenoxy) is 2. The number of benzene rings is 1. The molecule has 5 heteroatoms. The summed E-state index contributed by atoms with van der Waals surface area (Å²) in [5.74, 6) is 2.31. The minimum absolute atomic E-state index is 0.232. The largest absolute Gasteiger partial charge is 0.454 e. The number of nitrogens with zero attached hydrogens (tertiary/aromatic N) is 1. The van der Waals surface area contributed by atoms with Crippen LogP contribution in [0.5, 0.6) is 11.5 Å². The van der Waals surface area contributed by atoms with Crippen molar-refractivity contribution in [1.82, 2.24) is 5.16 Å². The van der Waals surface area contributed by atoms with Gasteiger partial charge in [0.25, 0.3) is 0 Å². The maximum Gasteiger partial charge on any atom is 0.231 e. The molecule has 0 saturated heterocycles. The van der Waals surface area contributed by atoms with Gasteiger partial charge in [0.15, 0.2) is 23.1 Å². The molecule has 2 heterocycles. The second kappa shape index (κ2) is 2.91. The molecule has 2 N–H and O–H groups in total. The number of para-hydroxylation sites is 1. The van der Waals surface area contributed by atoms with Gasteiger partial charge in [0.05, 0.1) is 5.56 Å². The van der Waals surface area contributed by atoms with Crippen molar-refractivity contribution >= 4 is 5.82 Å². The second-order valence-corrected chi connectivity index (χ2v) is 3.16. The second-order valence-electron chi connectivity index (χ2n) is 3.16. The van der Waals surface area contributed by atoms with Crippen LogP contribution < -0.4 is 15.2 Å². The smallest absolute Gasteiger partial charge is 0.231 e. The van der Waals surface area contributed by atoms with Crippen molar-refractivity contribution in [1.29, 1.82) is 0 Å². The normalized spacial score (nSPS) is 13.1. The van der Waals surface area contributed by atoms with Crippen LogP contribution in [-0.2, 0) is 0 Å². The molecule has 0 radical (unpaired) electrons. The topological polar surface area (TPSA) is 70.5 Å². The summed E-state index contributed by atoms with van der Waals surface area (Å²) in [7, 11) is 0. The molecule has 0 aliphatic carbocycles. The van der Waals surface area contributed by atoms with Gasteiger partial charge in [0, 0.05) is 6.07 Å². The molecule has 76 valence electrons. The summed E-state index contributed by atoms with van der Waals surface area (Å²) in [6.07, 6.45) is 0. The summed E-state index contributed by atoms with van der Waals surface area (Å²) in [5.41, 5.74) is 6.28. The molecule has 0 atom stereocenters. The van der Waals surface area contributed by atoms with Gasteiger partial charge in [0.1, 0.15) is 0 Å². The van der Waals surface area contributed by atoms with Crippen LogP contribution in [0.3, 0.4) is 0 Å². The monoisotopic (exact) mass is 204 g/mol. The van der Waals surface area contributed by atoms with Gasteiger partial charge in [-0.15, -0.1) is 0 Å². The maximum absolute atomic E-state index is 5.48. The maximum atomic E-state index is 5.48. The Kier molecular flexibility index (Phi) is 1.58. The molecule has 0 spiro atoms. The van der Waals surface area contributed by atoms with E-state index >= 15 is 0 Å². The van der Waals surface area contributed by atoms with Crippen molar-refractivity contribution in [2.24, 2.45) is 0 Å². The Morgan fingerprint density at radius 3 is 3.00 bits per heavy atom. The molecule has 3 rings (SSSR count). The lowest BCUT2D eigenvalue weighted by atomic mass is 10.1. The van der Waals surface area contributed by atoms with E-state index in [1.165, 1.54) is 0 Å². The van der Waals surface area contributed by atoms with Crippen LogP contribution >= 0.6 is 0 Å². The molecule has 15 heavy (non-hydrogen) atoms. The number of rotatable bonds is 1. The van der Waals surface area contributed by atoms with E-state index in [2.05, 4.69) is 5.16 Å². The molecule has 5 nitrogen and oxygen atoms in total. The Balaban J connectivity index is 2.16. The number of nitrogens with two attached hydrogens (primary N) is 1. The van der Waals surface area contributed by atoms with E-state index in [9.17, 15) is 0 Å². The lowest BCUT2D eigenvalue weighted by molar-refractivity contribution is 0.174. The van der Waals surface area contributed by atoms with Crippen molar-refractivity contribution in [3.05, 3.63) is 24.3 Å². The van der Waals surface area contributed by atoms with Crippen molar-refractivity contribution in [3.63, 3.8) is 0 Å². The predicted molar refractivity (Wildman–Crippen MR) is 52.5 cm³/mol. The number of fused-ring (bicyclic) bond motifs is 1. The Morgan fingerprint density at radius 1 is 1.27 bits per heavy atom. The molecule has 2 aromatic rings. The van der Waals surface area contributed by atoms with E-state index in [1.807, 2.05) is 18.2 Å². The summed E-state index contributed by atoms with van der Waals surface area (Å²) < 4.78 is 15.7. The van der Waals surface area contributed by atoms with E-state index in [0.29, 0.717) is 23.1 Å². The molecule has 0 unspecified atom stereocenters. The van der Waals surface area contributed by atoms with E-state index in [1.54, 1.807) is 6.07 Å². The van der Waals surface area contributed by atoms with Crippen molar-refractivity contribution < 1.29 is 14.0 Å². The first-order valence-electron chi connectivity index (χ1n) is 4.46. The standard InChI is InChI=1S/C10H8N2O3/c11-9-4-8(15-12-9)6-2-1-3-7-10(6)14-5-13-7/h1-4H,5H2,(H2,11,12). The SMILES string of the molecule is Nc1cc(-c2cccc3c2OCO3)on1. The van der Waals surface area contributed by atoms with E-state index < -0.39 is 0 Å². The van der Waals surface area contributed by atoms with Gasteiger partial charge in [0.2, 0.25) is 6.79 Å². The third-order valence-electron chi connectivity index (χ3n) is 2.19. The zero-order valence-electron chi connectivity index (χ0n) is 7.77. The Labute approximate surface area is 85.4 Å². The summed E-state index contributed by atoms with van der Waals surface area (Å²) in [5, 5.41) is 3.62. The molecule has 0 saturated carbocycles. The average molecular weight is 204 g/mol. The molecule has 1 aromatic carbocycles. The van der Waals surface area contributed by atoms with Gasteiger partial charge in [-0.3, -0.25) is 0 Å². The minimum Gasteiger partial charge on any atom is -0.454 e. The van der Waals surface area contributed by atoms with Crippen molar-refractivity contribution in [2.45, 2.75) is 0 Å².